The Labute approximate surface area is 113 Å². The van der Waals surface area contributed by atoms with Gasteiger partial charge >= 0.3 is 0 Å². The van der Waals surface area contributed by atoms with Gasteiger partial charge in [-0.25, -0.2) is 5.32 Å². The quantitative estimate of drug-likeness (QED) is 0.888. The number of rotatable bonds is 4. The van der Waals surface area contributed by atoms with Gasteiger partial charge in [0, 0.05) is 30.8 Å². The first-order valence-corrected chi connectivity index (χ1v) is 6.40. The number of nitrogens with zero attached hydrogens (tertiary/aromatic N) is 1. The fourth-order valence-corrected chi connectivity index (χ4v) is 2.11. The van der Waals surface area contributed by atoms with Crippen LogP contribution in [0.25, 0.3) is 0 Å². The number of hydrogen-bond donors (Lipinski definition) is 1. The molecule has 1 saturated heterocycles. The van der Waals surface area contributed by atoms with Gasteiger partial charge in [0.2, 0.25) is 0 Å². The normalized spacial score (nSPS) is 18.7. The highest BCUT2D eigenvalue weighted by Crippen LogP contribution is 2.22. The second-order valence-corrected chi connectivity index (χ2v) is 4.54. The van der Waals surface area contributed by atoms with Crippen LogP contribution in [-0.4, -0.2) is 39.3 Å². The highest BCUT2D eigenvalue weighted by atomic mass is 16.5. The molecule has 1 aliphatic heterocycles. The van der Waals surface area contributed by atoms with Crippen molar-refractivity contribution < 1.29 is 14.3 Å². The molecule has 1 atom stereocenters. The highest BCUT2D eigenvalue weighted by Gasteiger charge is 2.18. The van der Waals surface area contributed by atoms with Crippen molar-refractivity contribution in [3.63, 3.8) is 0 Å². The summed E-state index contributed by atoms with van der Waals surface area (Å²) in [5, 5.41) is 7.30. The topological polar surface area (TPSA) is 61.7 Å². The Hall–Kier alpha value is -1.75. The number of nitrogens with one attached hydrogen (secondary N) is 1. The largest absolute Gasteiger partial charge is 0.497 e. The van der Waals surface area contributed by atoms with Crippen molar-refractivity contribution in [1.82, 2.24) is 10.6 Å². The maximum Gasteiger partial charge on any atom is 0.251 e. The summed E-state index contributed by atoms with van der Waals surface area (Å²) in [4.78, 5) is 12.2. The van der Waals surface area contributed by atoms with Crippen molar-refractivity contribution >= 4 is 5.91 Å². The summed E-state index contributed by atoms with van der Waals surface area (Å²) in [5.41, 5.74) is 0.543. The van der Waals surface area contributed by atoms with Crippen molar-refractivity contribution in [2.24, 2.45) is 0 Å². The Kier molecular flexibility index (Phi) is 4.63. The van der Waals surface area contributed by atoms with Gasteiger partial charge in [0.1, 0.15) is 11.5 Å². The smallest absolute Gasteiger partial charge is 0.251 e. The van der Waals surface area contributed by atoms with Crippen LogP contribution in [0.3, 0.4) is 0 Å². The Morgan fingerprint density at radius 3 is 2.47 bits per heavy atom. The van der Waals surface area contributed by atoms with Crippen LogP contribution in [-0.2, 0) is 0 Å². The van der Waals surface area contributed by atoms with E-state index in [2.05, 4.69) is 10.6 Å². The molecule has 0 spiro atoms. The number of benzene rings is 1. The summed E-state index contributed by atoms with van der Waals surface area (Å²) in [6.07, 6.45) is 2.02. The average molecular weight is 263 g/mol. The lowest BCUT2D eigenvalue weighted by molar-refractivity contribution is 0.0929. The Morgan fingerprint density at radius 2 is 1.95 bits per heavy atom. The molecule has 1 unspecified atom stereocenters. The molecule has 1 radical (unpaired) electrons. The third-order valence-corrected chi connectivity index (χ3v) is 3.17. The third-order valence-electron chi connectivity index (χ3n) is 3.17. The van der Waals surface area contributed by atoms with E-state index in [1.807, 2.05) is 0 Å². The Bertz CT molecular complexity index is 420. The zero-order valence-electron chi connectivity index (χ0n) is 11.3. The molecule has 0 aromatic heterocycles. The van der Waals surface area contributed by atoms with E-state index in [4.69, 9.17) is 9.47 Å². The number of methoxy groups -OCH3 is 2. The molecular weight excluding hydrogens is 244 g/mol. The van der Waals surface area contributed by atoms with Crippen molar-refractivity contribution in [3.05, 3.63) is 23.8 Å². The van der Waals surface area contributed by atoms with E-state index in [1.54, 1.807) is 32.4 Å². The molecule has 2 rings (SSSR count). The number of ether oxygens (including phenoxy) is 2. The minimum absolute atomic E-state index is 0.112. The highest BCUT2D eigenvalue weighted by molar-refractivity contribution is 5.95. The van der Waals surface area contributed by atoms with E-state index < -0.39 is 0 Å². The van der Waals surface area contributed by atoms with Crippen LogP contribution in [0, 0.1) is 0 Å². The lowest BCUT2D eigenvalue weighted by Gasteiger charge is -2.22. The lowest BCUT2D eigenvalue weighted by atomic mass is 10.1. The van der Waals surface area contributed by atoms with E-state index >= 15 is 0 Å². The maximum absolute atomic E-state index is 12.2. The molecular formula is C14H19N2O3. The molecule has 1 aliphatic rings. The number of piperidine rings is 1. The minimum Gasteiger partial charge on any atom is -0.497 e. The van der Waals surface area contributed by atoms with Crippen LogP contribution in [0.1, 0.15) is 23.2 Å². The number of carbonyl (C=O) groups is 1. The molecule has 5 heteroatoms. The summed E-state index contributed by atoms with van der Waals surface area (Å²) in [6, 6.07) is 5.29. The third kappa shape index (κ3) is 3.61. The molecule has 1 aromatic rings. The minimum atomic E-state index is -0.112. The van der Waals surface area contributed by atoms with Crippen molar-refractivity contribution in [3.8, 4) is 11.5 Å². The number of hydrogen-bond acceptors (Lipinski definition) is 3. The van der Waals surface area contributed by atoms with Gasteiger partial charge in [-0.2, -0.15) is 0 Å². The molecule has 0 saturated carbocycles. The van der Waals surface area contributed by atoms with Gasteiger partial charge in [-0.1, -0.05) is 0 Å². The molecule has 0 aliphatic carbocycles. The molecule has 1 aromatic carbocycles. The van der Waals surface area contributed by atoms with Gasteiger partial charge < -0.3 is 14.8 Å². The summed E-state index contributed by atoms with van der Waals surface area (Å²) in [7, 11) is 3.13. The molecule has 1 amide bonds. The lowest BCUT2D eigenvalue weighted by Crippen LogP contribution is -2.43. The second-order valence-electron chi connectivity index (χ2n) is 4.54. The van der Waals surface area contributed by atoms with E-state index in [0.29, 0.717) is 23.6 Å². The predicted octanol–water partition coefficient (Wildman–Crippen LogP) is 1.20. The van der Waals surface area contributed by atoms with Gasteiger partial charge in [-0.3, -0.25) is 4.79 Å². The van der Waals surface area contributed by atoms with Crippen LogP contribution < -0.4 is 20.1 Å². The summed E-state index contributed by atoms with van der Waals surface area (Å²) >= 11 is 0. The molecule has 103 valence electrons. The van der Waals surface area contributed by atoms with Crippen LogP contribution >= 0.6 is 0 Å². The van der Waals surface area contributed by atoms with Crippen LogP contribution in [0.5, 0.6) is 11.5 Å². The summed E-state index contributed by atoms with van der Waals surface area (Å²) < 4.78 is 10.3. The zero-order chi connectivity index (χ0) is 13.7. The zero-order valence-corrected chi connectivity index (χ0v) is 11.3. The average Bonchev–Trinajstić information content (AvgIpc) is 2.47. The fraction of sp³-hybridized carbons (Fsp3) is 0.500. The van der Waals surface area contributed by atoms with E-state index in [0.717, 1.165) is 19.4 Å². The fourth-order valence-electron chi connectivity index (χ4n) is 2.11. The molecule has 19 heavy (non-hydrogen) atoms. The predicted molar refractivity (Wildman–Crippen MR) is 71.9 cm³/mol. The van der Waals surface area contributed by atoms with Gasteiger partial charge in [-0.15, -0.1) is 0 Å². The molecule has 1 fully saturated rings. The summed E-state index contributed by atoms with van der Waals surface area (Å²) in [6.45, 7) is 1.60. The van der Waals surface area contributed by atoms with Gasteiger partial charge in [0.15, 0.2) is 0 Å². The van der Waals surface area contributed by atoms with Crippen molar-refractivity contribution in [1.29, 1.82) is 0 Å². The van der Waals surface area contributed by atoms with Crippen LogP contribution in [0.15, 0.2) is 18.2 Å². The second kappa shape index (κ2) is 6.43. The van der Waals surface area contributed by atoms with Gasteiger partial charge in [0.05, 0.1) is 14.2 Å². The first-order chi connectivity index (χ1) is 9.22. The van der Waals surface area contributed by atoms with Crippen LogP contribution in [0.2, 0.25) is 0 Å². The first-order valence-electron chi connectivity index (χ1n) is 6.40. The number of carbonyl (C=O) groups excluding carboxylic acids is 1. The maximum atomic E-state index is 12.2. The Balaban J connectivity index is 2.08. The molecule has 1 N–H and O–H groups in total. The molecule has 0 bridgehead atoms. The Morgan fingerprint density at radius 1 is 1.26 bits per heavy atom. The van der Waals surface area contributed by atoms with E-state index in [1.165, 1.54) is 0 Å². The molecule has 1 heterocycles. The monoisotopic (exact) mass is 263 g/mol. The first kappa shape index (κ1) is 13.7. The number of amides is 1. The van der Waals surface area contributed by atoms with E-state index in [9.17, 15) is 4.79 Å². The van der Waals surface area contributed by atoms with Crippen molar-refractivity contribution in [2.75, 3.05) is 27.3 Å². The SMILES string of the molecule is COc1cc(OC)cc(C(=O)NC2CCC[N]C2)c1. The standard InChI is InChI=1S/C14H19N2O3/c1-18-12-6-10(7-13(8-12)19-2)14(17)16-11-4-3-5-15-9-11/h6-8,11H,3-5,9H2,1-2H3,(H,16,17). The van der Waals surface area contributed by atoms with Crippen LogP contribution in [0.4, 0.5) is 0 Å². The van der Waals surface area contributed by atoms with Gasteiger partial charge in [0.25, 0.3) is 5.91 Å². The molecule has 5 nitrogen and oxygen atoms in total. The summed E-state index contributed by atoms with van der Waals surface area (Å²) in [5.74, 6) is 1.11. The van der Waals surface area contributed by atoms with Gasteiger partial charge in [-0.05, 0) is 25.0 Å². The van der Waals surface area contributed by atoms with E-state index in [-0.39, 0.29) is 11.9 Å². The van der Waals surface area contributed by atoms with Crippen molar-refractivity contribution in [2.45, 2.75) is 18.9 Å².